The van der Waals surface area contributed by atoms with E-state index in [0.29, 0.717) is 0 Å². The Morgan fingerprint density at radius 1 is 1.00 bits per heavy atom. The Bertz CT molecular complexity index is 125. The second-order valence-electron chi connectivity index (χ2n) is 3.50. The average Bonchev–Trinajstić information content (AvgIpc) is 2.62. The molecule has 0 unspecified atom stereocenters. The molecule has 4 heteroatoms. The number of rotatable bonds is 4. The molecular weight excluding hydrogens is 167 g/mol. The van der Waals surface area contributed by atoms with Crippen LogP contribution in [0.4, 0.5) is 0 Å². The fourth-order valence-corrected chi connectivity index (χ4v) is 5.40. The third kappa shape index (κ3) is 1.75. The van der Waals surface area contributed by atoms with Crippen molar-refractivity contribution in [1.29, 1.82) is 0 Å². The van der Waals surface area contributed by atoms with Crippen LogP contribution in [-0.2, 0) is 9.31 Å². The zero-order valence-corrected chi connectivity index (χ0v) is 9.43. The van der Waals surface area contributed by atoms with Crippen LogP contribution in [-0.4, -0.2) is 27.9 Å². The van der Waals surface area contributed by atoms with Gasteiger partial charge in [-0.25, -0.2) is 0 Å². The van der Waals surface area contributed by atoms with E-state index in [2.05, 4.69) is 20.8 Å². The number of hydrogen-bond acceptors (Lipinski definition) is 2. The van der Waals surface area contributed by atoms with E-state index in [1.165, 1.54) is 18.1 Å². The van der Waals surface area contributed by atoms with Gasteiger partial charge in [-0.05, 0) is 0 Å². The second-order valence-corrected chi connectivity index (χ2v) is 8.81. The Hall–Kier alpha value is 0.202. The van der Waals surface area contributed by atoms with Gasteiger partial charge in [-0.3, -0.25) is 0 Å². The first-order chi connectivity index (χ1) is 5.79. The highest BCUT2D eigenvalue weighted by Gasteiger charge is 2.45. The van der Waals surface area contributed by atoms with Gasteiger partial charge in [0.05, 0.1) is 13.2 Å². The van der Waals surface area contributed by atoms with Crippen LogP contribution in [0.15, 0.2) is 0 Å². The molecule has 1 aliphatic heterocycles. The molecule has 0 aliphatic carbocycles. The predicted octanol–water partition coefficient (Wildman–Crippen LogP) is 2.11. The van der Waals surface area contributed by atoms with Crippen LogP contribution >= 0.6 is 0 Å². The van der Waals surface area contributed by atoms with E-state index < -0.39 is 7.94 Å². The molecule has 0 amide bonds. The molecule has 0 N–H and O–H groups in total. The van der Waals surface area contributed by atoms with Crippen molar-refractivity contribution in [2.24, 2.45) is 0 Å². The molecule has 0 aromatic carbocycles. The quantitative estimate of drug-likeness (QED) is 0.626. The Balaban J connectivity index is 2.61. The van der Waals surface area contributed by atoms with E-state index in [-0.39, 0.29) is 6.71 Å². The van der Waals surface area contributed by atoms with E-state index in [0.717, 1.165) is 13.2 Å². The molecule has 1 heterocycles. The third-order valence-corrected chi connectivity index (χ3v) is 8.79. The first kappa shape index (κ1) is 10.3. The van der Waals surface area contributed by atoms with Gasteiger partial charge < -0.3 is 9.31 Å². The minimum atomic E-state index is -1.23. The Labute approximate surface area is 76.7 Å². The van der Waals surface area contributed by atoms with Gasteiger partial charge in [-0.1, -0.05) is 38.9 Å². The normalized spacial score (nSPS) is 18.8. The Morgan fingerprint density at radius 2 is 1.42 bits per heavy atom. The monoisotopic (exact) mass is 186 g/mol. The van der Waals surface area contributed by atoms with Crippen LogP contribution in [0.2, 0.25) is 18.1 Å². The summed E-state index contributed by atoms with van der Waals surface area (Å²) in [6.07, 6.45) is 0. The standard InChI is InChI=1S/C8H19BO2Si/c1-4-12(5-2,6-3)9-10-7-8-11-9/h4-8H2,1-3H3. The van der Waals surface area contributed by atoms with Crippen LogP contribution < -0.4 is 0 Å². The maximum Gasteiger partial charge on any atom is 0.432 e. The molecule has 1 saturated heterocycles. The Kier molecular flexibility index (Phi) is 3.81. The van der Waals surface area contributed by atoms with Gasteiger partial charge in [0.15, 0.2) is 0 Å². The van der Waals surface area contributed by atoms with Gasteiger partial charge in [-0.2, -0.15) is 0 Å². The topological polar surface area (TPSA) is 18.5 Å². The van der Waals surface area contributed by atoms with E-state index in [4.69, 9.17) is 9.31 Å². The van der Waals surface area contributed by atoms with Crippen molar-refractivity contribution in [3.05, 3.63) is 0 Å². The zero-order valence-electron chi connectivity index (χ0n) is 8.43. The van der Waals surface area contributed by atoms with Gasteiger partial charge in [0.1, 0.15) is 7.94 Å². The molecular formula is C8H19BO2Si. The molecule has 0 saturated carbocycles. The molecule has 1 aliphatic rings. The molecule has 2 nitrogen and oxygen atoms in total. The molecule has 70 valence electrons. The van der Waals surface area contributed by atoms with Crippen molar-refractivity contribution in [2.45, 2.75) is 38.9 Å². The summed E-state index contributed by atoms with van der Waals surface area (Å²) in [4.78, 5) is 0. The largest absolute Gasteiger partial charge is 0.432 e. The van der Waals surface area contributed by atoms with E-state index in [9.17, 15) is 0 Å². The molecule has 12 heavy (non-hydrogen) atoms. The third-order valence-electron chi connectivity index (χ3n) is 3.23. The van der Waals surface area contributed by atoms with Crippen molar-refractivity contribution < 1.29 is 9.31 Å². The summed E-state index contributed by atoms with van der Waals surface area (Å²) in [7, 11) is -1.23. The van der Waals surface area contributed by atoms with E-state index in [1.54, 1.807) is 0 Å². The summed E-state index contributed by atoms with van der Waals surface area (Å²) in [5.74, 6) is 0. The van der Waals surface area contributed by atoms with Gasteiger partial charge >= 0.3 is 6.71 Å². The fraction of sp³-hybridized carbons (Fsp3) is 1.00. The average molecular weight is 186 g/mol. The van der Waals surface area contributed by atoms with Crippen LogP contribution in [0.25, 0.3) is 0 Å². The van der Waals surface area contributed by atoms with Crippen LogP contribution in [0.1, 0.15) is 20.8 Å². The molecule has 0 atom stereocenters. The highest BCUT2D eigenvalue weighted by molar-refractivity contribution is 7.28. The summed E-state index contributed by atoms with van der Waals surface area (Å²) < 4.78 is 11.3. The van der Waals surface area contributed by atoms with Crippen LogP contribution in [0.3, 0.4) is 0 Å². The first-order valence-corrected chi connectivity index (χ1v) is 7.72. The molecule has 1 fully saturated rings. The van der Waals surface area contributed by atoms with Gasteiger partial charge in [0.25, 0.3) is 0 Å². The minimum absolute atomic E-state index is 0.192. The van der Waals surface area contributed by atoms with Crippen molar-refractivity contribution >= 4 is 14.7 Å². The van der Waals surface area contributed by atoms with Gasteiger partial charge in [-0.15, -0.1) is 0 Å². The second kappa shape index (κ2) is 4.44. The van der Waals surface area contributed by atoms with Crippen LogP contribution in [0.5, 0.6) is 0 Å². The smallest absolute Gasteiger partial charge is 0.412 e. The highest BCUT2D eigenvalue weighted by atomic mass is 28.3. The molecule has 1 rings (SSSR count). The lowest BCUT2D eigenvalue weighted by atomic mass is 10.4. The molecule has 0 bridgehead atoms. The number of hydrogen-bond donors (Lipinski definition) is 0. The van der Waals surface area contributed by atoms with Gasteiger partial charge in [0.2, 0.25) is 0 Å². The first-order valence-electron chi connectivity index (χ1n) is 5.02. The molecule has 0 spiro atoms. The van der Waals surface area contributed by atoms with Crippen molar-refractivity contribution in [1.82, 2.24) is 0 Å². The van der Waals surface area contributed by atoms with Crippen molar-refractivity contribution in [3.63, 3.8) is 0 Å². The minimum Gasteiger partial charge on any atom is -0.412 e. The predicted molar refractivity (Wildman–Crippen MR) is 54.9 cm³/mol. The highest BCUT2D eigenvalue weighted by Crippen LogP contribution is 2.26. The SMILES string of the molecule is CC[Si](CC)(CC)B1OCCO1. The lowest BCUT2D eigenvalue weighted by Crippen LogP contribution is -2.50. The summed E-state index contributed by atoms with van der Waals surface area (Å²) >= 11 is 0. The lowest BCUT2D eigenvalue weighted by Gasteiger charge is -2.28. The Morgan fingerprint density at radius 3 is 1.75 bits per heavy atom. The van der Waals surface area contributed by atoms with Crippen LogP contribution in [0, 0.1) is 0 Å². The molecule has 0 aromatic heterocycles. The summed E-state index contributed by atoms with van der Waals surface area (Å²) in [5.41, 5.74) is 0. The summed E-state index contributed by atoms with van der Waals surface area (Å²) in [6, 6.07) is 3.85. The summed E-state index contributed by atoms with van der Waals surface area (Å²) in [6.45, 7) is 8.65. The maximum absolute atomic E-state index is 5.63. The van der Waals surface area contributed by atoms with Gasteiger partial charge in [0, 0.05) is 0 Å². The zero-order chi connectivity index (χ0) is 9.03. The maximum atomic E-state index is 5.63. The molecule has 0 radical (unpaired) electrons. The molecule has 0 aromatic rings. The van der Waals surface area contributed by atoms with Crippen molar-refractivity contribution in [2.75, 3.05) is 13.2 Å². The fourth-order valence-electron chi connectivity index (χ4n) is 1.96. The van der Waals surface area contributed by atoms with Crippen molar-refractivity contribution in [3.8, 4) is 0 Å². The van der Waals surface area contributed by atoms with E-state index >= 15 is 0 Å². The lowest BCUT2D eigenvalue weighted by molar-refractivity contribution is 0.365. The summed E-state index contributed by atoms with van der Waals surface area (Å²) in [5, 5.41) is 0. The van der Waals surface area contributed by atoms with E-state index in [1.807, 2.05) is 0 Å².